The number of aryl methyl sites for hydroxylation is 1. The van der Waals surface area contributed by atoms with E-state index in [0.29, 0.717) is 11.9 Å². The number of hydrogen-bond acceptors (Lipinski definition) is 4. The van der Waals surface area contributed by atoms with Crippen LogP contribution in [-0.4, -0.2) is 56.6 Å². The van der Waals surface area contributed by atoms with Crippen LogP contribution in [0.2, 0.25) is 0 Å². The van der Waals surface area contributed by atoms with Crippen molar-refractivity contribution in [3.05, 3.63) is 29.8 Å². The molecule has 148 valence electrons. The lowest BCUT2D eigenvalue weighted by Gasteiger charge is -2.14. The van der Waals surface area contributed by atoms with Gasteiger partial charge in [0.25, 0.3) is 0 Å². The van der Waals surface area contributed by atoms with Crippen LogP contribution in [0.5, 0.6) is 5.75 Å². The van der Waals surface area contributed by atoms with E-state index in [1.807, 2.05) is 38.1 Å². The van der Waals surface area contributed by atoms with Crippen LogP contribution in [0.25, 0.3) is 0 Å². The van der Waals surface area contributed by atoms with Gasteiger partial charge in [-0.25, -0.2) is 0 Å². The van der Waals surface area contributed by atoms with Crippen molar-refractivity contribution in [1.82, 2.24) is 10.6 Å². The molecule has 6 nitrogen and oxygen atoms in total. The minimum absolute atomic E-state index is 0.218. The largest absolute Gasteiger partial charge is 0.491 e. The van der Waals surface area contributed by atoms with Gasteiger partial charge in [0.15, 0.2) is 5.96 Å². The SMILES string of the molecule is CCNC(=NCC(O)COc1cccc(C)c1)NCCCOCC(C)C. The molecule has 0 radical (unpaired) electrons. The van der Waals surface area contributed by atoms with Crippen LogP contribution in [0.15, 0.2) is 29.3 Å². The second kappa shape index (κ2) is 13.4. The molecule has 0 spiro atoms. The van der Waals surface area contributed by atoms with Crippen molar-refractivity contribution in [2.75, 3.05) is 39.5 Å². The summed E-state index contributed by atoms with van der Waals surface area (Å²) in [6, 6.07) is 7.78. The third-order valence-electron chi connectivity index (χ3n) is 3.45. The van der Waals surface area contributed by atoms with Gasteiger partial charge in [-0.3, -0.25) is 4.99 Å². The van der Waals surface area contributed by atoms with Gasteiger partial charge in [-0.2, -0.15) is 0 Å². The summed E-state index contributed by atoms with van der Waals surface area (Å²) in [7, 11) is 0. The normalized spacial score (nSPS) is 12.9. The molecular formula is C20H35N3O3. The van der Waals surface area contributed by atoms with E-state index in [4.69, 9.17) is 9.47 Å². The molecule has 0 fully saturated rings. The maximum absolute atomic E-state index is 10.1. The van der Waals surface area contributed by atoms with Crippen LogP contribution in [-0.2, 0) is 4.74 Å². The second-order valence-electron chi connectivity index (χ2n) is 6.75. The number of aliphatic hydroxyl groups is 1. The average Bonchev–Trinajstić information content (AvgIpc) is 2.60. The van der Waals surface area contributed by atoms with E-state index in [-0.39, 0.29) is 13.2 Å². The summed E-state index contributed by atoms with van der Waals surface area (Å²) in [5, 5.41) is 16.5. The Balaban J connectivity index is 2.28. The molecule has 0 bridgehead atoms. The quantitative estimate of drug-likeness (QED) is 0.301. The van der Waals surface area contributed by atoms with Crippen LogP contribution >= 0.6 is 0 Å². The van der Waals surface area contributed by atoms with E-state index < -0.39 is 6.10 Å². The lowest BCUT2D eigenvalue weighted by molar-refractivity contribution is 0.108. The van der Waals surface area contributed by atoms with Crippen molar-refractivity contribution >= 4 is 5.96 Å². The Labute approximate surface area is 158 Å². The van der Waals surface area contributed by atoms with Crippen molar-refractivity contribution < 1.29 is 14.6 Å². The van der Waals surface area contributed by atoms with E-state index >= 15 is 0 Å². The van der Waals surface area contributed by atoms with Gasteiger partial charge in [0, 0.05) is 26.3 Å². The highest BCUT2D eigenvalue weighted by Crippen LogP contribution is 2.12. The molecule has 26 heavy (non-hydrogen) atoms. The number of guanidine groups is 1. The molecular weight excluding hydrogens is 330 g/mol. The molecule has 6 heteroatoms. The Morgan fingerprint density at radius 3 is 2.73 bits per heavy atom. The third kappa shape index (κ3) is 10.9. The van der Waals surface area contributed by atoms with Crippen LogP contribution in [0, 0.1) is 12.8 Å². The smallest absolute Gasteiger partial charge is 0.191 e. The predicted molar refractivity (Wildman–Crippen MR) is 107 cm³/mol. The third-order valence-corrected chi connectivity index (χ3v) is 3.45. The van der Waals surface area contributed by atoms with Crippen molar-refractivity contribution in [3.8, 4) is 5.75 Å². The molecule has 0 saturated carbocycles. The van der Waals surface area contributed by atoms with Gasteiger partial charge in [-0.15, -0.1) is 0 Å². The second-order valence-corrected chi connectivity index (χ2v) is 6.75. The summed E-state index contributed by atoms with van der Waals surface area (Å²) in [5.74, 6) is 2.02. The first-order chi connectivity index (χ1) is 12.5. The zero-order valence-electron chi connectivity index (χ0n) is 16.6. The van der Waals surface area contributed by atoms with Gasteiger partial charge in [-0.05, 0) is 43.9 Å². The number of nitrogens with one attached hydrogen (secondary N) is 2. The van der Waals surface area contributed by atoms with Crippen LogP contribution < -0.4 is 15.4 Å². The molecule has 0 aliphatic rings. The Hall–Kier alpha value is -1.79. The molecule has 1 unspecified atom stereocenters. The maximum atomic E-state index is 10.1. The van der Waals surface area contributed by atoms with E-state index in [1.165, 1.54) is 0 Å². The van der Waals surface area contributed by atoms with Crippen LogP contribution in [0.3, 0.4) is 0 Å². The molecule has 0 aromatic heterocycles. The van der Waals surface area contributed by atoms with Gasteiger partial charge in [0.2, 0.25) is 0 Å². The van der Waals surface area contributed by atoms with E-state index in [1.54, 1.807) is 0 Å². The van der Waals surface area contributed by atoms with Crippen LogP contribution in [0.4, 0.5) is 0 Å². The summed E-state index contributed by atoms with van der Waals surface area (Å²) in [6.45, 7) is 11.9. The molecule has 1 atom stereocenters. The minimum Gasteiger partial charge on any atom is -0.491 e. The summed E-state index contributed by atoms with van der Waals surface area (Å²) >= 11 is 0. The Bertz CT molecular complexity index is 521. The Morgan fingerprint density at radius 1 is 1.23 bits per heavy atom. The fraction of sp³-hybridized carbons (Fsp3) is 0.650. The fourth-order valence-corrected chi connectivity index (χ4v) is 2.19. The molecule has 0 heterocycles. The van der Waals surface area contributed by atoms with Crippen molar-refractivity contribution in [1.29, 1.82) is 0 Å². The topological polar surface area (TPSA) is 75.1 Å². The van der Waals surface area contributed by atoms with Gasteiger partial charge < -0.3 is 25.2 Å². The van der Waals surface area contributed by atoms with E-state index in [2.05, 4.69) is 29.5 Å². The average molecular weight is 366 g/mol. The lowest BCUT2D eigenvalue weighted by Crippen LogP contribution is -2.39. The van der Waals surface area contributed by atoms with Crippen LogP contribution in [0.1, 0.15) is 32.8 Å². The Morgan fingerprint density at radius 2 is 2.04 bits per heavy atom. The molecule has 0 aliphatic carbocycles. The molecule has 1 rings (SSSR count). The van der Waals surface area contributed by atoms with Crippen molar-refractivity contribution in [3.63, 3.8) is 0 Å². The summed E-state index contributed by atoms with van der Waals surface area (Å²) in [5.41, 5.74) is 1.13. The molecule has 3 N–H and O–H groups in total. The highest BCUT2D eigenvalue weighted by Gasteiger charge is 2.06. The number of benzene rings is 1. The molecule has 0 saturated heterocycles. The first kappa shape index (κ1) is 22.3. The monoisotopic (exact) mass is 365 g/mol. The van der Waals surface area contributed by atoms with E-state index in [0.717, 1.165) is 44.0 Å². The summed E-state index contributed by atoms with van der Waals surface area (Å²) < 4.78 is 11.2. The number of nitrogens with zero attached hydrogens (tertiary/aromatic N) is 1. The van der Waals surface area contributed by atoms with Gasteiger partial charge >= 0.3 is 0 Å². The highest BCUT2D eigenvalue weighted by atomic mass is 16.5. The van der Waals surface area contributed by atoms with Gasteiger partial charge in [0.1, 0.15) is 18.5 Å². The number of aliphatic hydroxyl groups excluding tert-OH is 1. The lowest BCUT2D eigenvalue weighted by atomic mass is 10.2. The molecule has 1 aromatic carbocycles. The van der Waals surface area contributed by atoms with Crippen molar-refractivity contribution in [2.45, 2.75) is 40.2 Å². The Kier molecular flexibility index (Phi) is 11.5. The first-order valence-electron chi connectivity index (χ1n) is 9.48. The number of ether oxygens (including phenoxy) is 2. The van der Waals surface area contributed by atoms with Crippen molar-refractivity contribution in [2.24, 2.45) is 10.9 Å². The molecule has 0 aliphatic heterocycles. The van der Waals surface area contributed by atoms with Gasteiger partial charge in [-0.1, -0.05) is 26.0 Å². The maximum Gasteiger partial charge on any atom is 0.191 e. The minimum atomic E-state index is -0.652. The standard InChI is InChI=1S/C20H35N3O3/c1-5-21-20(22-10-7-11-25-14-16(2)3)23-13-18(24)15-26-19-9-6-8-17(4)12-19/h6,8-9,12,16,18,24H,5,7,10-11,13-15H2,1-4H3,(H2,21,22,23). The summed E-state index contributed by atoms with van der Waals surface area (Å²) in [4.78, 5) is 4.41. The number of rotatable bonds is 12. The van der Waals surface area contributed by atoms with E-state index in [9.17, 15) is 5.11 Å². The molecule has 0 amide bonds. The highest BCUT2D eigenvalue weighted by molar-refractivity contribution is 5.79. The molecule has 1 aromatic rings. The zero-order valence-corrected chi connectivity index (χ0v) is 16.6. The summed E-state index contributed by atoms with van der Waals surface area (Å²) in [6.07, 6.45) is 0.260. The zero-order chi connectivity index (χ0) is 19.2. The fourth-order valence-electron chi connectivity index (χ4n) is 2.19. The predicted octanol–water partition coefficient (Wildman–Crippen LogP) is 2.35. The number of hydrogen-bond donors (Lipinski definition) is 3. The number of aliphatic imine (C=N–C) groups is 1. The first-order valence-corrected chi connectivity index (χ1v) is 9.48. The van der Waals surface area contributed by atoms with Gasteiger partial charge in [0.05, 0.1) is 6.54 Å².